The summed E-state index contributed by atoms with van der Waals surface area (Å²) >= 11 is 0. The summed E-state index contributed by atoms with van der Waals surface area (Å²) in [5.74, 6) is 1.81. The van der Waals surface area contributed by atoms with Crippen LogP contribution in [0.15, 0.2) is 35.6 Å². The fourth-order valence-corrected chi connectivity index (χ4v) is 2.97. The topological polar surface area (TPSA) is 85.7 Å². The molecule has 0 atom stereocenters. The van der Waals surface area contributed by atoms with Crippen LogP contribution >= 0.6 is 0 Å². The van der Waals surface area contributed by atoms with Crippen molar-refractivity contribution >= 4 is 17.3 Å². The molecule has 2 aromatic rings. The molecule has 25 heavy (non-hydrogen) atoms. The normalized spacial score (nSPS) is 14.8. The Labute approximate surface area is 146 Å². The van der Waals surface area contributed by atoms with Crippen molar-refractivity contribution in [2.24, 2.45) is 11.1 Å². The van der Waals surface area contributed by atoms with Crippen molar-refractivity contribution in [3.63, 3.8) is 0 Å². The largest absolute Gasteiger partial charge is 0.497 e. The zero-order valence-corrected chi connectivity index (χ0v) is 14.3. The molecule has 7 nitrogen and oxygen atoms in total. The van der Waals surface area contributed by atoms with Gasteiger partial charge >= 0.3 is 0 Å². The van der Waals surface area contributed by atoms with Gasteiger partial charge in [0.2, 0.25) is 11.8 Å². The summed E-state index contributed by atoms with van der Waals surface area (Å²) in [4.78, 5) is 19.4. The summed E-state index contributed by atoms with van der Waals surface area (Å²) in [6.07, 6.45) is 7.45. The molecule has 132 valence electrons. The van der Waals surface area contributed by atoms with Gasteiger partial charge in [-0.15, -0.1) is 4.91 Å². The number of anilines is 2. The summed E-state index contributed by atoms with van der Waals surface area (Å²) in [5.41, 5.74) is 0.899. The molecule has 3 rings (SSSR count). The van der Waals surface area contributed by atoms with Crippen LogP contribution in [-0.2, 0) is 0 Å². The lowest BCUT2D eigenvalue weighted by Gasteiger charge is -2.21. The lowest BCUT2D eigenvalue weighted by Crippen LogP contribution is -2.16. The monoisotopic (exact) mass is 342 g/mol. The summed E-state index contributed by atoms with van der Waals surface area (Å²) in [7, 11) is 1.61. The smallest absolute Gasteiger partial charge is 0.248 e. The Kier molecular flexibility index (Phi) is 5.77. The minimum absolute atomic E-state index is 0.118. The van der Waals surface area contributed by atoms with Gasteiger partial charge in [-0.25, -0.2) is 4.98 Å². The Hall–Kier alpha value is -2.70. The van der Waals surface area contributed by atoms with Gasteiger partial charge in [-0.3, -0.25) is 0 Å². The second-order valence-electron chi connectivity index (χ2n) is 6.15. The van der Waals surface area contributed by atoms with Gasteiger partial charge in [-0.1, -0.05) is 25.3 Å². The van der Waals surface area contributed by atoms with E-state index in [1.807, 2.05) is 24.3 Å². The molecule has 1 aromatic heterocycles. The maximum atomic E-state index is 11.0. The Morgan fingerprint density at radius 3 is 2.88 bits per heavy atom. The quantitative estimate of drug-likeness (QED) is 0.741. The van der Waals surface area contributed by atoms with E-state index < -0.39 is 0 Å². The van der Waals surface area contributed by atoms with Crippen molar-refractivity contribution in [1.82, 2.24) is 9.97 Å². The predicted molar refractivity (Wildman–Crippen MR) is 95.8 cm³/mol. The summed E-state index contributed by atoms with van der Waals surface area (Å²) < 4.78 is 11.0. The molecule has 0 aliphatic heterocycles. The fraction of sp³-hybridized carbons (Fsp3) is 0.444. The number of aromatic nitrogens is 2. The van der Waals surface area contributed by atoms with E-state index in [0.29, 0.717) is 18.5 Å². The highest BCUT2D eigenvalue weighted by Gasteiger charge is 2.16. The third kappa shape index (κ3) is 4.65. The molecule has 7 heteroatoms. The second-order valence-corrected chi connectivity index (χ2v) is 6.15. The number of nitrogens with zero attached hydrogens (tertiary/aromatic N) is 3. The first-order valence-electron chi connectivity index (χ1n) is 8.53. The minimum Gasteiger partial charge on any atom is -0.497 e. The van der Waals surface area contributed by atoms with Crippen LogP contribution in [0.4, 0.5) is 17.3 Å². The molecule has 1 fully saturated rings. The first-order chi connectivity index (χ1) is 12.3. The van der Waals surface area contributed by atoms with Gasteiger partial charge in [-0.05, 0) is 36.1 Å². The molecule has 1 saturated carbocycles. The number of ether oxygens (including phenoxy) is 2. The van der Waals surface area contributed by atoms with E-state index in [4.69, 9.17) is 9.47 Å². The summed E-state index contributed by atoms with van der Waals surface area (Å²) in [6.45, 7) is 0.554. The van der Waals surface area contributed by atoms with Crippen molar-refractivity contribution in [3.05, 3.63) is 35.4 Å². The Morgan fingerprint density at radius 1 is 1.28 bits per heavy atom. The molecule has 1 heterocycles. The zero-order chi connectivity index (χ0) is 17.5. The first-order valence-corrected chi connectivity index (χ1v) is 8.53. The van der Waals surface area contributed by atoms with Crippen LogP contribution in [0, 0.1) is 10.8 Å². The van der Waals surface area contributed by atoms with E-state index in [1.165, 1.54) is 25.5 Å². The van der Waals surface area contributed by atoms with Crippen LogP contribution in [0.2, 0.25) is 0 Å². The van der Waals surface area contributed by atoms with E-state index in [2.05, 4.69) is 20.5 Å². The van der Waals surface area contributed by atoms with E-state index in [1.54, 1.807) is 7.11 Å². The van der Waals surface area contributed by atoms with Crippen LogP contribution in [0.25, 0.3) is 0 Å². The maximum absolute atomic E-state index is 11.0. The van der Waals surface area contributed by atoms with Crippen molar-refractivity contribution < 1.29 is 9.47 Å². The third-order valence-corrected chi connectivity index (χ3v) is 4.34. The number of rotatable bonds is 7. The zero-order valence-electron chi connectivity index (χ0n) is 14.3. The molecule has 1 N–H and O–H groups in total. The highest BCUT2D eigenvalue weighted by Crippen LogP contribution is 2.29. The van der Waals surface area contributed by atoms with E-state index in [-0.39, 0.29) is 11.6 Å². The van der Waals surface area contributed by atoms with Crippen LogP contribution in [0.5, 0.6) is 11.6 Å². The van der Waals surface area contributed by atoms with Gasteiger partial charge in [0.25, 0.3) is 0 Å². The summed E-state index contributed by atoms with van der Waals surface area (Å²) in [6, 6.07) is 7.42. The fourth-order valence-electron chi connectivity index (χ4n) is 2.97. The number of nitrogens with one attached hydrogen (secondary N) is 1. The molecule has 0 saturated heterocycles. The number of benzene rings is 1. The van der Waals surface area contributed by atoms with Crippen LogP contribution in [-0.4, -0.2) is 23.7 Å². The SMILES string of the molecule is COc1cccc(Nc2ncc(N=O)c(OCC3CCCCC3)n2)c1. The average Bonchev–Trinajstić information content (AvgIpc) is 2.67. The molecular weight excluding hydrogens is 320 g/mol. The van der Waals surface area contributed by atoms with Gasteiger partial charge < -0.3 is 14.8 Å². The van der Waals surface area contributed by atoms with Crippen LogP contribution in [0.1, 0.15) is 32.1 Å². The van der Waals surface area contributed by atoms with Gasteiger partial charge in [0.05, 0.1) is 19.9 Å². The van der Waals surface area contributed by atoms with Crippen LogP contribution in [0.3, 0.4) is 0 Å². The summed E-state index contributed by atoms with van der Waals surface area (Å²) in [5, 5.41) is 6.04. The number of hydrogen-bond acceptors (Lipinski definition) is 7. The molecule has 1 aliphatic rings. The minimum atomic E-state index is 0.118. The lowest BCUT2D eigenvalue weighted by atomic mass is 9.90. The number of methoxy groups -OCH3 is 1. The van der Waals surface area contributed by atoms with Gasteiger partial charge in [0.15, 0.2) is 5.69 Å². The van der Waals surface area contributed by atoms with Gasteiger partial charge in [0, 0.05) is 11.8 Å². The van der Waals surface area contributed by atoms with E-state index >= 15 is 0 Å². The Bertz CT molecular complexity index is 717. The maximum Gasteiger partial charge on any atom is 0.248 e. The van der Waals surface area contributed by atoms with Gasteiger partial charge in [0.1, 0.15) is 5.75 Å². The van der Waals surface area contributed by atoms with E-state index in [0.717, 1.165) is 24.3 Å². The second kappa shape index (κ2) is 8.41. The third-order valence-electron chi connectivity index (χ3n) is 4.34. The van der Waals surface area contributed by atoms with Crippen molar-refractivity contribution in [1.29, 1.82) is 0 Å². The van der Waals surface area contributed by atoms with Crippen LogP contribution < -0.4 is 14.8 Å². The molecule has 1 aliphatic carbocycles. The van der Waals surface area contributed by atoms with Gasteiger partial charge in [-0.2, -0.15) is 4.98 Å². The highest BCUT2D eigenvalue weighted by molar-refractivity contribution is 5.58. The predicted octanol–water partition coefficient (Wildman–Crippen LogP) is 4.59. The van der Waals surface area contributed by atoms with Crippen molar-refractivity contribution in [2.45, 2.75) is 32.1 Å². The first kappa shape index (κ1) is 17.1. The number of nitroso groups, excluding NO2 is 1. The van der Waals surface area contributed by atoms with Crippen molar-refractivity contribution in [3.8, 4) is 11.6 Å². The standard InChI is InChI=1S/C18H22N4O3/c1-24-15-9-5-8-14(10-15)20-18-19-11-16(22-23)17(21-18)25-12-13-6-3-2-4-7-13/h5,8-11,13H,2-4,6-7,12H2,1H3,(H,19,20,21). The molecular formula is C18H22N4O3. The van der Waals surface area contributed by atoms with Crippen molar-refractivity contribution in [2.75, 3.05) is 19.0 Å². The van der Waals surface area contributed by atoms with E-state index in [9.17, 15) is 4.91 Å². The number of hydrogen-bond donors (Lipinski definition) is 1. The lowest BCUT2D eigenvalue weighted by molar-refractivity contribution is 0.203. The average molecular weight is 342 g/mol. The molecule has 0 bridgehead atoms. The Morgan fingerprint density at radius 2 is 2.12 bits per heavy atom. The molecule has 1 aromatic carbocycles. The molecule has 0 amide bonds. The molecule has 0 unspecified atom stereocenters. The highest BCUT2D eigenvalue weighted by atomic mass is 16.5. The molecule has 0 spiro atoms. The molecule has 0 radical (unpaired) electrons. The Balaban J connectivity index is 1.71.